The number of hydrogen-bond acceptors (Lipinski definition) is 8. The average Bonchev–Trinajstić information content (AvgIpc) is 3.30. The van der Waals surface area contributed by atoms with E-state index in [0.29, 0.717) is 6.42 Å². The van der Waals surface area contributed by atoms with Gasteiger partial charge in [-0.3, -0.25) is 9.59 Å². The van der Waals surface area contributed by atoms with Crippen LogP contribution in [-0.2, 0) is 38.1 Å². The summed E-state index contributed by atoms with van der Waals surface area (Å²) in [6, 6.07) is 0. The lowest BCUT2D eigenvalue weighted by molar-refractivity contribution is -0.173. The van der Waals surface area contributed by atoms with E-state index in [0.717, 1.165) is 32.1 Å². The Morgan fingerprint density at radius 2 is 1.83 bits per heavy atom. The highest BCUT2D eigenvalue weighted by atomic mass is 16.6. The van der Waals surface area contributed by atoms with E-state index in [1.807, 2.05) is 0 Å². The van der Waals surface area contributed by atoms with Gasteiger partial charge in [0.05, 0.1) is 11.8 Å². The molecule has 2 bridgehead atoms. The first-order valence-corrected chi connectivity index (χ1v) is 10.3. The number of hydrogen-bond donors (Lipinski definition) is 0. The molecule has 1 saturated heterocycles. The summed E-state index contributed by atoms with van der Waals surface area (Å²) in [5.74, 6) is -3.86. The topological polar surface area (TPSA) is 105 Å². The van der Waals surface area contributed by atoms with E-state index in [4.69, 9.17) is 18.9 Å². The standard InChI is InChI=1S/C21H26O8/c1-10(2)19(23)26-9-14(22)28-17-12-8-13-16(21(25)29-18(13)17)15(12)20(24)27-11-6-4-3-5-7-11/h11-13,15-18H,1,3-9H2,2H3. The van der Waals surface area contributed by atoms with Crippen molar-refractivity contribution in [3.05, 3.63) is 12.2 Å². The lowest BCUT2D eigenvalue weighted by Crippen LogP contribution is -2.44. The van der Waals surface area contributed by atoms with E-state index in [-0.39, 0.29) is 29.5 Å². The van der Waals surface area contributed by atoms with E-state index >= 15 is 0 Å². The van der Waals surface area contributed by atoms with Gasteiger partial charge in [0.15, 0.2) is 6.61 Å². The zero-order valence-electron chi connectivity index (χ0n) is 16.5. The van der Waals surface area contributed by atoms with Gasteiger partial charge in [0.2, 0.25) is 0 Å². The Bertz CT molecular complexity index is 737. The maximum atomic E-state index is 12.9. The number of carbonyl (C=O) groups excluding carboxylic acids is 4. The molecule has 8 nitrogen and oxygen atoms in total. The SMILES string of the molecule is C=C(C)C(=O)OCC(=O)OC1C2CC3C1OC(=O)C3C2C(=O)OC1CCCCC1. The second kappa shape index (κ2) is 7.80. The first kappa shape index (κ1) is 19.9. The molecule has 29 heavy (non-hydrogen) atoms. The average molecular weight is 406 g/mol. The molecular formula is C21H26O8. The summed E-state index contributed by atoms with van der Waals surface area (Å²) in [7, 11) is 0. The van der Waals surface area contributed by atoms with Crippen molar-refractivity contribution < 1.29 is 38.1 Å². The summed E-state index contributed by atoms with van der Waals surface area (Å²) >= 11 is 0. The maximum absolute atomic E-state index is 12.9. The zero-order valence-corrected chi connectivity index (χ0v) is 16.5. The van der Waals surface area contributed by atoms with Crippen LogP contribution in [-0.4, -0.2) is 48.8 Å². The van der Waals surface area contributed by atoms with Crippen LogP contribution in [0.3, 0.4) is 0 Å². The molecule has 0 aromatic heterocycles. The molecule has 1 heterocycles. The van der Waals surface area contributed by atoms with E-state index in [1.54, 1.807) is 0 Å². The number of esters is 4. The van der Waals surface area contributed by atoms with Crippen molar-refractivity contribution in [3.63, 3.8) is 0 Å². The van der Waals surface area contributed by atoms with Crippen LogP contribution in [0.1, 0.15) is 45.4 Å². The molecule has 0 N–H and O–H groups in total. The molecular weight excluding hydrogens is 380 g/mol. The molecule has 3 saturated carbocycles. The predicted octanol–water partition coefficient (Wildman–Crippen LogP) is 1.70. The summed E-state index contributed by atoms with van der Waals surface area (Å²) in [5, 5.41) is 0. The number of fused-ring (bicyclic) bond motifs is 1. The molecule has 6 atom stereocenters. The quantitative estimate of drug-likeness (QED) is 0.373. The molecule has 0 amide bonds. The third-order valence-electron chi connectivity index (χ3n) is 6.59. The lowest BCUT2D eigenvalue weighted by atomic mass is 9.78. The summed E-state index contributed by atoms with van der Waals surface area (Å²) in [5.41, 5.74) is 0.177. The molecule has 4 rings (SSSR count). The Labute approximate surface area is 168 Å². The molecule has 0 radical (unpaired) electrons. The highest BCUT2D eigenvalue weighted by Crippen LogP contribution is 2.59. The van der Waals surface area contributed by atoms with Crippen LogP contribution in [0.2, 0.25) is 0 Å². The smallest absolute Gasteiger partial charge is 0.344 e. The Kier molecular flexibility index (Phi) is 5.36. The number of carbonyl (C=O) groups is 4. The Hall–Kier alpha value is -2.38. The van der Waals surface area contributed by atoms with Gasteiger partial charge < -0.3 is 18.9 Å². The fourth-order valence-electron chi connectivity index (χ4n) is 5.33. The van der Waals surface area contributed by atoms with Crippen molar-refractivity contribution in [2.24, 2.45) is 23.7 Å². The molecule has 0 spiro atoms. The van der Waals surface area contributed by atoms with Crippen molar-refractivity contribution in [2.75, 3.05) is 6.61 Å². The Balaban J connectivity index is 1.41. The highest BCUT2D eigenvalue weighted by Gasteiger charge is 2.70. The van der Waals surface area contributed by atoms with Crippen molar-refractivity contribution in [2.45, 2.75) is 63.8 Å². The third-order valence-corrected chi connectivity index (χ3v) is 6.59. The molecule has 8 heteroatoms. The summed E-state index contributed by atoms with van der Waals surface area (Å²) < 4.78 is 21.5. The van der Waals surface area contributed by atoms with Gasteiger partial charge >= 0.3 is 23.9 Å². The van der Waals surface area contributed by atoms with Gasteiger partial charge in [-0.2, -0.15) is 0 Å². The normalized spacial score (nSPS) is 35.1. The van der Waals surface area contributed by atoms with Gasteiger partial charge in [0.25, 0.3) is 0 Å². The van der Waals surface area contributed by atoms with Gasteiger partial charge in [0, 0.05) is 17.4 Å². The molecule has 4 aliphatic rings. The molecule has 0 aromatic carbocycles. The van der Waals surface area contributed by atoms with Crippen LogP contribution in [0.5, 0.6) is 0 Å². The van der Waals surface area contributed by atoms with Gasteiger partial charge in [-0.1, -0.05) is 13.0 Å². The number of rotatable bonds is 6. The zero-order chi connectivity index (χ0) is 20.7. The fraction of sp³-hybridized carbons (Fsp3) is 0.714. The molecule has 3 aliphatic carbocycles. The van der Waals surface area contributed by atoms with E-state index < -0.39 is 48.6 Å². The largest absolute Gasteiger partial charge is 0.462 e. The molecule has 0 aromatic rings. The van der Waals surface area contributed by atoms with E-state index in [2.05, 4.69) is 6.58 Å². The van der Waals surface area contributed by atoms with Crippen molar-refractivity contribution in [3.8, 4) is 0 Å². The van der Waals surface area contributed by atoms with Crippen LogP contribution in [0.15, 0.2) is 12.2 Å². The van der Waals surface area contributed by atoms with Gasteiger partial charge in [-0.05, 0) is 39.0 Å². The summed E-state index contributed by atoms with van der Waals surface area (Å²) in [6.45, 7) is 4.37. The minimum absolute atomic E-state index is 0.105. The molecule has 158 valence electrons. The van der Waals surface area contributed by atoms with Crippen LogP contribution < -0.4 is 0 Å². The highest BCUT2D eigenvalue weighted by molar-refractivity contribution is 5.89. The van der Waals surface area contributed by atoms with Crippen LogP contribution in [0, 0.1) is 23.7 Å². The Morgan fingerprint density at radius 3 is 2.52 bits per heavy atom. The van der Waals surface area contributed by atoms with E-state index in [1.165, 1.54) is 6.92 Å². The predicted molar refractivity (Wildman–Crippen MR) is 97.1 cm³/mol. The fourth-order valence-corrected chi connectivity index (χ4v) is 5.33. The first-order valence-electron chi connectivity index (χ1n) is 10.3. The monoisotopic (exact) mass is 406 g/mol. The second-order valence-corrected chi connectivity index (χ2v) is 8.52. The van der Waals surface area contributed by atoms with Crippen LogP contribution in [0.25, 0.3) is 0 Å². The van der Waals surface area contributed by atoms with Crippen LogP contribution >= 0.6 is 0 Å². The van der Waals surface area contributed by atoms with Gasteiger partial charge in [-0.15, -0.1) is 0 Å². The molecule has 1 aliphatic heterocycles. The molecule has 6 unspecified atom stereocenters. The first-order chi connectivity index (χ1) is 13.9. The second-order valence-electron chi connectivity index (χ2n) is 8.52. The summed E-state index contributed by atoms with van der Waals surface area (Å²) in [6.07, 6.45) is 4.11. The van der Waals surface area contributed by atoms with Crippen molar-refractivity contribution >= 4 is 23.9 Å². The lowest BCUT2D eigenvalue weighted by Gasteiger charge is -2.31. The van der Waals surface area contributed by atoms with E-state index in [9.17, 15) is 19.2 Å². The minimum Gasteiger partial charge on any atom is -0.462 e. The Morgan fingerprint density at radius 1 is 1.10 bits per heavy atom. The van der Waals surface area contributed by atoms with Gasteiger partial charge in [0.1, 0.15) is 18.3 Å². The molecule has 4 fully saturated rings. The summed E-state index contributed by atoms with van der Waals surface area (Å²) in [4.78, 5) is 48.9. The third kappa shape index (κ3) is 3.65. The van der Waals surface area contributed by atoms with Gasteiger partial charge in [-0.25, -0.2) is 9.59 Å². The minimum atomic E-state index is -0.740. The number of ether oxygens (including phenoxy) is 4. The van der Waals surface area contributed by atoms with Crippen molar-refractivity contribution in [1.82, 2.24) is 0 Å². The van der Waals surface area contributed by atoms with Crippen molar-refractivity contribution in [1.29, 1.82) is 0 Å². The maximum Gasteiger partial charge on any atom is 0.344 e. The van der Waals surface area contributed by atoms with Crippen LogP contribution in [0.4, 0.5) is 0 Å².